The van der Waals surface area contributed by atoms with Gasteiger partial charge in [0.2, 0.25) is 5.91 Å². The zero-order chi connectivity index (χ0) is 15.8. The van der Waals surface area contributed by atoms with Gasteiger partial charge in [0.05, 0.1) is 6.54 Å². The molecule has 0 saturated heterocycles. The van der Waals surface area contributed by atoms with Crippen molar-refractivity contribution in [1.82, 2.24) is 20.1 Å². The van der Waals surface area contributed by atoms with Gasteiger partial charge in [0.1, 0.15) is 12.7 Å². The highest BCUT2D eigenvalue weighted by atomic mass is 16.1. The van der Waals surface area contributed by atoms with Gasteiger partial charge in [0, 0.05) is 31.7 Å². The predicted octanol–water partition coefficient (Wildman–Crippen LogP) is 1.62. The van der Waals surface area contributed by atoms with E-state index in [4.69, 9.17) is 0 Å². The molecule has 0 radical (unpaired) electrons. The molecule has 6 nitrogen and oxygen atoms in total. The van der Waals surface area contributed by atoms with E-state index < -0.39 is 0 Å². The molecule has 2 rings (SSSR count). The molecular weight excluding hydrogens is 278 g/mol. The van der Waals surface area contributed by atoms with E-state index >= 15 is 0 Å². The minimum atomic E-state index is 0.0378. The molecule has 0 aliphatic heterocycles. The lowest BCUT2D eigenvalue weighted by atomic mass is 10.2. The zero-order valence-electron chi connectivity index (χ0n) is 13.2. The topological polar surface area (TPSA) is 63.1 Å². The number of rotatable bonds is 8. The second-order valence-electron chi connectivity index (χ2n) is 5.18. The number of hydrogen-bond acceptors (Lipinski definition) is 4. The summed E-state index contributed by atoms with van der Waals surface area (Å²) in [7, 11) is 0. The van der Waals surface area contributed by atoms with Crippen LogP contribution in [0.1, 0.15) is 18.9 Å². The molecule has 0 aliphatic rings. The number of nitrogens with one attached hydrogen (secondary N) is 1. The van der Waals surface area contributed by atoms with Crippen molar-refractivity contribution >= 4 is 11.6 Å². The van der Waals surface area contributed by atoms with Gasteiger partial charge in [-0.15, -0.1) is 0 Å². The lowest BCUT2D eigenvalue weighted by Gasteiger charge is -2.23. The number of aryl methyl sites for hydroxylation is 2. The second-order valence-corrected chi connectivity index (χ2v) is 5.18. The van der Waals surface area contributed by atoms with Crippen molar-refractivity contribution in [3.8, 4) is 0 Å². The molecule has 1 aromatic heterocycles. The van der Waals surface area contributed by atoms with Crippen molar-refractivity contribution in [3.05, 3.63) is 42.5 Å². The van der Waals surface area contributed by atoms with Gasteiger partial charge >= 0.3 is 0 Å². The van der Waals surface area contributed by atoms with Gasteiger partial charge < -0.3 is 10.2 Å². The van der Waals surface area contributed by atoms with Crippen LogP contribution in [0.3, 0.4) is 0 Å². The molecule has 1 N–H and O–H groups in total. The molecule has 118 valence electrons. The molecule has 0 saturated carbocycles. The highest BCUT2D eigenvalue weighted by molar-refractivity contribution is 5.75. The van der Waals surface area contributed by atoms with E-state index in [1.807, 2.05) is 0 Å². The fourth-order valence-corrected chi connectivity index (χ4v) is 2.28. The van der Waals surface area contributed by atoms with Crippen LogP contribution in [0.25, 0.3) is 0 Å². The number of likely N-dealkylation sites (N-methyl/N-ethyl adjacent to an activating group) is 1. The van der Waals surface area contributed by atoms with E-state index in [2.05, 4.69) is 58.4 Å². The number of carbonyl (C=O) groups is 1. The van der Waals surface area contributed by atoms with Gasteiger partial charge in [0.15, 0.2) is 0 Å². The summed E-state index contributed by atoms with van der Waals surface area (Å²) in [4.78, 5) is 17.9. The molecule has 0 aliphatic carbocycles. The average molecular weight is 301 g/mol. The van der Waals surface area contributed by atoms with Crippen molar-refractivity contribution in [1.29, 1.82) is 0 Å². The third-order valence-corrected chi connectivity index (χ3v) is 3.49. The number of nitrogens with zero attached hydrogens (tertiary/aromatic N) is 4. The van der Waals surface area contributed by atoms with Gasteiger partial charge in [-0.2, -0.15) is 5.10 Å². The van der Waals surface area contributed by atoms with E-state index in [9.17, 15) is 4.79 Å². The Morgan fingerprint density at radius 1 is 1.41 bits per heavy atom. The number of hydrogen-bond donors (Lipinski definition) is 1. The van der Waals surface area contributed by atoms with Crippen LogP contribution in [0.2, 0.25) is 0 Å². The standard InChI is InChI=1S/C16H23N5O/c1-3-20(15-6-4-5-14(2)11-15)10-8-18-16(22)7-9-21-13-17-12-19-21/h4-6,11-13H,3,7-10H2,1-2H3,(H,18,22). The molecule has 0 fully saturated rings. The number of benzene rings is 1. The van der Waals surface area contributed by atoms with Gasteiger partial charge in [0.25, 0.3) is 0 Å². The van der Waals surface area contributed by atoms with Crippen LogP contribution < -0.4 is 10.2 Å². The van der Waals surface area contributed by atoms with Crippen LogP contribution in [-0.4, -0.2) is 40.3 Å². The first-order chi connectivity index (χ1) is 10.7. The number of carbonyl (C=O) groups excluding carboxylic acids is 1. The van der Waals surface area contributed by atoms with E-state index in [0.29, 0.717) is 19.5 Å². The molecule has 0 unspecified atom stereocenters. The van der Waals surface area contributed by atoms with Crippen LogP contribution in [0.4, 0.5) is 5.69 Å². The molecule has 6 heteroatoms. The normalized spacial score (nSPS) is 10.5. The zero-order valence-corrected chi connectivity index (χ0v) is 13.2. The molecule has 1 aromatic carbocycles. The highest BCUT2D eigenvalue weighted by Crippen LogP contribution is 2.14. The summed E-state index contributed by atoms with van der Waals surface area (Å²) in [6, 6.07) is 8.41. The van der Waals surface area contributed by atoms with Crippen LogP contribution in [0, 0.1) is 6.92 Å². The van der Waals surface area contributed by atoms with Crippen molar-refractivity contribution in [2.24, 2.45) is 0 Å². The SMILES string of the molecule is CCN(CCNC(=O)CCn1cncn1)c1cccc(C)c1. The van der Waals surface area contributed by atoms with Gasteiger partial charge in [-0.25, -0.2) is 4.98 Å². The van der Waals surface area contributed by atoms with E-state index in [0.717, 1.165) is 13.1 Å². The first-order valence-electron chi connectivity index (χ1n) is 7.59. The maximum absolute atomic E-state index is 11.8. The second kappa shape index (κ2) is 8.17. The van der Waals surface area contributed by atoms with Gasteiger partial charge in [-0.1, -0.05) is 12.1 Å². The Morgan fingerprint density at radius 3 is 2.95 bits per heavy atom. The Hall–Kier alpha value is -2.37. The fourth-order valence-electron chi connectivity index (χ4n) is 2.28. The summed E-state index contributed by atoms with van der Waals surface area (Å²) >= 11 is 0. The Morgan fingerprint density at radius 2 is 2.27 bits per heavy atom. The molecule has 1 heterocycles. The predicted molar refractivity (Wildman–Crippen MR) is 86.7 cm³/mol. The highest BCUT2D eigenvalue weighted by Gasteiger charge is 2.06. The molecule has 0 spiro atoms. The van der Waals surface area contributed by atoms with Crippen molar-refractivity contribution in [2.75, 3.05) is 24.5 Å². The largest absolute Gasteiger partial charge is 0.370 e. The molecule has 2 aromatic rings. The lowest BCUT2D eigenvalue weighted by molar-refractivity contribution is -0.121. The summed E-state index contributed by atoms with van der Waals surface area (Å²) in [5.74, 6) is 0.0378. The first-order valence-corrected chi connectivity index (χ1v) is 7.59. The number of amides is 1. The molecule has 22 heavy (non-hydrogen) atoms. The molecule has 1 amide bonds. The van der Waals surface area contributed by atoms with Crippen molar-refractivity contribution < 1.29 is 4.79 Å². The van der Waals surface area contributed by atoms with E-state index in [1.54, 1.807) is 11.0 Å². The third kappa shape index (κ3) is 4.87. The van der Waals surface area contributed by atoms with E-state index in [-0.39, 0.29) is 5.91 Å². The summed E-state index contributed by atoms with van der Waals surface area (Å²) in [5.41, 5.74) is 2.44. The van der Waals surface area contributed by atoms with E-state index in [1.165, 1.54) is 17.6 Å². The monoisotopic (exact) mass is 301 g/mol. The Kier molecular flexibility index (Phi) is 5.94. The fraction of sp³-hybridized carbons (Fsp3) is 0.438. The maximum atomic E-state index is 11.8. The average Bonchev–Trinajstić information content (AvgIpc) is 3.03. The first kappa shape index (κ1) is 16.0. The lowest BCUT2D eigenvalue weighted by Crippen LogP contribution is -2.35. The van der Waals surface area contributed by atoms with Crippen LogP contribution >= 0.6 is 0 Å². The van der Waals surface area contributed by atoms with Crippen molar-refractivity contribution in [3.63, 3.8) is 0 Å². The van der Waals surface area contributed by atoms with Crippen LogP contribution in [0.5, 0.6) is 0 Å². The summed E-state index contributed by atoms with van der Waals surface area (Å²) in [6.07, 6.45) is 3.50. The van der Waals surface area contributed by atoms with Crippen LogP contribution in [-0.2, 0) is 11.3 Å². The maximum Gasteiger partial charge on any atom is 0.221 e. The van der Waals surface area contributed by atoms with Crippen LogP contribution in [0.15, 0.2) is 36.9 Å². The van der Waals surface area contributed by atoms with Crippen molar-refractivity contribution in [2.45, 2.75) is 26.8 Å². The molecule has 0 bridgehead atoms. The van der Waals surface area contributed by atoms with Gasteiger partial charge in [-0.05, 0) is 31.5 Å². The minimum Gasteiger partial charge on any atom is -0.370 e. The Bertz CT molecular complexity index is 582. The quantitative estimate of drug-likeness (QED) is 0.805. The Labute approximate surface area is 131 Å². The number of aromatic nitrogens is 3. The summed E-state index contributed by atoms with van der Waals surface area (Å²) < 4.78 is 1.66. The van der Waals surface area contributed by atoms with Gasteiger partial charge in [-0.3, -0.25) is 9.48 Å². The smallest absolute Gasteiger partial charge is 0.221 e. The Balaban J connectivity index is 1.73. The summed E-state index contributed by atoms with van der Waals surface area (Å²) in [5, 5.41) is 6.93. The summed E-state index contributed by atoms with van der Waals surface area (Å²) in [6.45, 7) is 7.12. The molecule has 0 atom stereocenters. The molecular formula is C16H23N5O. The minimum absolute atomic E-state index is 0.0378. The third-order valence-electron chi connectivity index (χ3n) is 3.49. The number of anilines is 1.